The Morgan fingerprint density at radius 3 is 2.60 bits per heavy atom. The van der Waals surface area contributed by atoms with Gasteiger partial charge in [0.15, 0.2) is 0 Å². The highest BCUT2D eigenvalue weighted by molar-refractivity contribution is 8.00. The molecule has 1 heterocycles. The fourth-order valence-corrected chi connectivity index (χ4v) is 2.71. The maximum Gasteiger partial charge on any atom is 0.313 e. The van der Waals surface area contributed by atoms with E-state index in [1.165, 1.54) is 11.8 Å². The summed E-state index contributed by atoms with van der Waals surface area (Å²) in [4.78, 5) is 20.0. The number of carboxylic acid groups (broad SMARTS) is 1. The highest BCUT2D eigenvalue weighted by Gasteiger charge is 2.20. The molecule has 0 saturated carbocycles. The van der Waals surface area contributed by atoms with E-state index in [1.807, 2.05) is 25.1 Å². The minimum absolute atomic E-state index is 0.00400. The zero-order chi connectivity index (χ0) is 14.9. The van der Waals surface area contributed by atoms with Crippen molar-refractivity contribution in [3.63, 3.8) is 0 Å². The van der Waals surface area contributed by atoms with Gasteiger partial charge in [-0.3, -0.25) is 4.79 Å². The number of carbonyl (C=O) groups is 1. The maximum absolute atomic E-state index is 10.8. The smallest absolute Gasteiger partial charge is 0.313 e. The summed E-state index contributed by atoms with van der Waals surface area (Å²) in [7, 11) is 0. The molecule has 0 aliphatic heterocycles. The van der Waals surface area contributed by atoms with Gasteiger partial charge in [0.25, 0.3) is 0 Å². The highest BCUT2D eigenvalue weighted by atomic mass is 32.2. The number of aromatic nitrogens is 2. The van der Waals surface area contributed by atoms with Crippen LogP contribution < -0.4 is 0 Å². The molecule has 0 amide bonds. The van der Waals surface area contributed by atoms with Crippen LogP contribution in [0.1, 0.15) is 32.2 Å². The highest BCUT2D eigenvalue weighted by Crippen LogP contribution is 2.30. The van der Waals surface area contributed by atoms with Crippen molar-refractivity contribution >= 4 is 28.6 Å². The molecular formula is C15H18N2O2S. The van der Waals surface area contributed by atoms with E-state index in [0.29, 0.717) is 0 Å². The number of carboxylic acids is 1. The molecule has 20 heavy (non-hydrogen) atoms. The van der Waals surface area contributed by atoms with Gasteiger partial charge in [-0.1, -0.05) is 44.7 Å². The van der Waals surface area contributed by atoms with Crippen molar-refractivity contribution in [3.8, 4) is 0 Å². The van der Waals surface area contributed by atoms with Crippen molar-refractivity contribution in [2.24, 2.45) is 0 Å². The van der Waals surface area contributed by atoms with Gasteiger partial charge >= 0.3 is 5.97 Å². The van der Waals surface area contributed by atoms with Crippen molar-refractivity contribution in [1.82, 2.24) is 9.97 Å². The Morgan fingerprint density at radius 2 is 2.00 bits per heavy atom. The molecule has 1 aromatic heterocycles. The minimum atomic E-state index is -0.840. The number of thioether (sulfide) groups is 1. The number of aliphatic carboxylic acids is 1. The second kappa shape index (κ2) is 5.40. The molecule has 2 rings (SSSR count). The maximum atomic E-state index is 10.8. The molecule has 1 N–H and O–H groups in total. The summed E-state index contributed by atoms with van der Waals surface area (Å²) in [6.07, 6.45) is 0. The second-order valence-corrected chi connectivity index (χ2v) is 6.72. The average molecular weight is 290 g/mol. The van der Waals surface area contributed by atoms with Crippen LogP contribution in [0.5, 0.6) is 0 Å². The zero-order valence-corrected chi connectivity index (χ0v) is 12.9. The van der Waals surface area contributed by atoms with Gasteiger partial charge in [0, 0.05) is 10.8 Å². The number of hydrogen-bond donors (Lipinski definition) is 1. The van der Waals surface area contributed by atoms with E-state index >= 15 is 0 Å². The lowest BCUT2D eigenvalue weighted by atomic mass is 9.95. The first-order chi connectivity index (χ1) is 9.29. The van der Waals surface area contributed by atoms with Crippen LogP contribution in [0.4, 0.5) is 0 Å². The standard InChI is InChI=1S/C15H18N2O2S/c1-9-6-5-7-10-12(9)13(20-8-11(18)19)17-14(16-10)15(2,3)4/h5-7H,8H2,1-4H3,(H,18,19). The Balaban J connectivity index is 2.64. The van der Waals surface area contributed by atoms with Gasteiger partial charge in [0.1, 0.15) is 10.9 Å². The van der Waals surface area contributed by atoms with Crippen LogP contribution in [0.3, 0.4) is 0 Å². The second-order valence-electron chi connectivity index (χ2n) is 5.75. The summed E-state index contributed by atoms with van der Waals surface area (Å²) < 4.78 is 0. The molecule has 0 radical (unpaired) electrons. The van der Waals surface area contributed by atoms with E-state index in [-0.39, 0.29) is 11.2 Å². The van der Waals surface area contributed by atoms with Crippen LogP contribution in [0, 0.1) is 6.92 Å². The third kappa shape index (κ3) is 3.10. The third-order valence-electron chi connectivity index (χ3n) is 2.90. The number of aryl methyl sites for hydroxylation is 1. The lowest BCUT2D eigenvalue weighted by molar-refractivity contribution is -0.133. The lowest BCUT2D eigenvalue weighted by Crippen LogP contribution is -2.17. The molecule has 106 valence electrons. The quantitative estimate of drug-likeness (QED) is 0.693. The molecule has 0 spiro atoms. The Kier molecular flexibility index (Phi) is 3.99. The number of hydrogen-bond acceptors (Lipinski definition) is 4. The first-order valence-electron chi connectivity index (χ1n) is 6.41. The predicted octanol–water partition coefficient (Wildman–Crippen LogP) is 3.41. The van der Waals surface area contributed by atoms with Crippen molar-refractivity contribution in [2.45, 2.75) is 38.1 Å². The van der Waals surface area contributed by atoms with Gasteiger partial charge in [-0.25, -0.2) is 9.97 Å². The molecule has 0 fully saturated rings. The Bertz CT molecular complexity index is 663. The third-order valence-corrected chi connectivity index (χ3v) is 3.86. The van der Waals surface area contributed by atoms with Crippen molar-refractivity contribution in [1.29, 1.82) is 0 Å². The summed E-state index contributed by atoms with van der Waals surface area (Å²) >= 11 is 1.25. The van der Waals surface area contributed by atoms with Gasteiger partial charge in [-0.15, -0.1) is 0 Å². The number of rotatable bonds is 3. The van der Waals surface area contributed by atoms with Crippen LogP contribution in [-0.4, -0.2) is 26.8 Å². The predicted molar refractivity (Wildman–Crippen MR) is 81.3 cm³/mol. The SMILES string of the molecule is Cc1cccc2nc(C(C)(C)C)nc(SCC(=O)O)c12. The van der Waals surface area contributed by atoms with E-state index in [4.69, 9.17) is 5.11 Å². The Labute approximate surface area is 122 Å². The van der Waals surface area contributed by atoms with E-state index in [0.717, 1.165) is 27.3 Å². The molecule has 0 saturated heterocycles. The van der Waals surface area contributed by atoms with Crippen LogP contribution in [0.25, 0.3) is 10.9 Å². The van der Waals surface area contributed by atoms with Crippen molar-refractivity contribution in [3.05, 3.63) is 29.6 Å². The molecule has 0 bridgehead atoms. The van der Waals surface area contributed by atoms with Crippen LogP contribution in [0.15, 0.2) is 23.2 Å². The molecule has 5 heteroatoms. The number of nitrogens with zero attached hydrogens (tertiary/aromatic N) is 2. The fourth-order valence-electron chi connectivity index (χ4n) is 1.88. The van der Waals surface area contributed by atoms with E-state index in [1.54, 1.807) is 0 Å². The molecule has 0 unspecified atom stereocenters. The molecule has 0 aliphatic carbocycles. The summed E-state index contributed by atoms with van der Waals surface area (Å²) in [5.41, 5.74) is 1.77. The minimum Gasteiger partial charge on any atom is -0.481 e. The topological polar surface area (TPSA) is 63.1 Å². The number of benzene rings is 1. The Hall–Kier alpha value is -1.62. The van der Waals surface area contributed by atoms with Crippen LogP contribution in [0.2, 0.25) is 0 Å². The summed E-state index contributed by atoms with van der Waals surface area (Å²) in [6, 6.07) is 5.90. The number of fused-ring (bicyclic) bond motifs is 1. The Morgan fingerprint density at radius 1 is 1.30 bits per heavy atom. The molecule has 4 nitrogen and oxygen atoms in total. The fraction of sp³-hybridized carbons (Fsp3) is 0.400. The molecule has 1 aromatic carbocycles. The normalized spacial score (nSPS) is 11.8. The van der Waals surface area contributed by atoms with Gasteiger partial charge in [-0.05, 0) is 18.6 Å². The summed E-state index contributed by atoms with van der Waals surface area (Å²) in [5.74, 6) is -0.0968. The van der Waals surface area contributed by atoms with Gasteiger partial charge in [-0.2, -0.15) is 0 Å². The molecule has 0 atom stereocenters. The monoisotopic (exact) mass is 290 g/mol. The van der Waals surface area contributed by atoms with Crippen LogP contribution in [-0.2, 0) is 10.2 Å². The van der Waals surface area contributed by atoms with Gasteiger partial charge in [0.2, 0.25) is 0 Å². The lowest BCUT2D eigenvalue weighted by Gasteiger charge is -2.19. The van der Waals surface area contributed by atoms with Crippen LogP contribution >= 0.6 is 11.8 Å². The zero-order valence-electron chi connectivity index (χ0n) is 12.1. The molecule has 0 aliphatic rings. The molecule has 2 aromatic rings. The van der Waals surface area contributed by atoms with E-state index < -0.39 is 5.97 Å². The van der Waals surface area contributed by atoms with Crippen molar-refractivity contribution < 1.29 is 9.90 Å². The summed E-state index contributed by atoms with van der Waals surface area (Å²) in [5, 5.41) is 10.6. The van der Waals surface area contributed by atoms with Gasteiger partial charge in [0.05, 0.1) is 11.3 Å². The largest absolute Gasteiger partial charge is 0.481 e. The van der Waals surface area contributed by atoms with E-state index in [9.17, 15) is 4.79 Å². The first kappa shape index (κ1) is 14.8. The van der Waals surface area contributed by atoms with Crippen molar-refractivity contribution in [2.75, 3.05) is 5.75 Å². The van der Waals surface area contributed by atoms with Gasteiger partial charge < -0.3 is 5.11 Å². The average Bonchev–Trinajstić information content (AvgIpc) is 2.34. The van der Waals surface area contributed by atoms with E-state index in [2.05, 4.69) is 30.7 Å². The molecular weight excluding hydrogens is 272 g/mol. The first-order valence-corrected chi connectivity index (χ1v) is 7.40. The summed E-state index contributed by atoms with van der Waals surface area (Å²) in [6.45, 7) is 8.15.